The highest BCUT2D eigenvalue weighted by Gasteiger charge is 2.28. The van der Waals surface area contributed by atoms with Crippen molar-refractivity contribution in [2.45, 2.75) is 25.8 Å². The van der Waals surface area contributed by atoms with Crippen molar-refractivity contribution in [1.82, 2.24) is 4.90 Å². The van der Waals surface area contributed by atoms with Crippen LogP contribution >= 0.6 is 12.2 Å². The van der Waals surface area contributed by atoms with Gasteiger partial charge in [-0.1, -0.05) is 30.4 Å². The first-order valence-corrected chi connectivity index (χ1v) is 7.38. The summed E-state index contributed by atoms with van der Waals surface area (Å²) in [6.07, 6.45) is 2.06. The van der Waals surface area contributed by atoms with Crippen LogP contribution in [0.5, 0.6) is 0 Å². The number of hydrogen-bond acceptors (Lipinski definition) is 3. The summed E-state index contributed by atoms with van der Waals surface area (Å²) in [6, 6.07) is 9.34. The number of likely N-dealkylation sites (tertiary alicyclic amines) is 1. The summed E-state index contributed by atoms with van der Waals surface area (Å²) in [4.78, 5) is 15.0. The molecule has 2 atom stereocenters. The van der Waals surface area contributed by atoms with Crippen molar-refractivity contribution < 1.29 is 4.79 Å². The summed E-state index contributed by atoms with van der Waals surface area (Å²) in [7, 11) is 0. The van der Waals surface area contributed by atoms with E-state index in [0.29, 0.717) is 4.99 Å². The third kappa shape index (κ3) is 3.77. The smallest absolute Gasteiger partial charge is 0.241 e. The molecule has 0 aromatic heterocycles. The monoisotopic (exact) mass is 291 g/mol. The molecule has 3 N–H and O–H groups in total. The molecule has 0 saturated carbocycles. The van der Waals surface area contributed by atoms with Crippen LogP contribution < -0.4 is 11.1 Å². The fourth-order valence-corrected chi connectivity index (χ4v) is 2.72. The number of carbonyl (C=O) groups excluding carboxylic acids is 1. The van der Waals surface area contributed by atoms with Gasteiger partial charge in [-0.3, -0.25) is 9.69 Å². The van der Waals surface area contributed by atoms with E-state index in [1.165, 1.54) is 0 Å². The van der Waals surface area contributed by atoms with E-state index in [2.05, 4.69) is 10.2 Å². The second kappa shape index (κ2) is 6.81. The fraction of sp³-hybridized carbons (Fsp3) is 0.467. The number of amides is 1. The molecule has 5 heteroatoms. The lowest BCUT2D eigenvalue weighted by Crippen LogP contribution is -2.49. The van der Waals surface area contributed by atoms with E-state index in [1.807, 2.05) is 37.3 Å². The number of carbonyl (C=O) groups is 1. The van der Waals surface area contributed by atoms with Gasteiger partial charge in [-0.2, -0.15) is 0 Å². The van der Waals surface area contributed by atoms with Crippen LogP contribution in [0.1, 0.15) is 19.8 Å². The molecule has 1 aliphatic rings. The summed E-state index contributed by atoms with van der Waals surface area (Å²) >= 11 is 5.08. The normalized spacial score (nSPS) is 21.1. The molecule has 1 aromatic carbocycles. The van der Waals surface area contributed by atoms with Crippen molar-refractivity contribution >= 4 is 28.8 Å². The van der Waals surface area contributed by atoms with Gasteiger partial charge >= 0.3 is 0 Å². The molecule has 2 rings (SSSR count). The van der Waals surface area contributed by atoms with Gasteiger partial charge in [-0.25, -0.2) is 0 Å². The molecule has 1 aromatic rings. The zero-order valence-corrected chi connectivity index (χ0v) is 12.5. The Morgan fingerprint density at radius 2 is 2.15 bits per heavy atom. The highest BCUT2D eigenvalue weighted by Crippen LogP contribution is 2.19. The lowest BCUT2D eigenvalue weighted by Gasteiger charge is -2.35. The molecular formula is C15H21N3OS. The maximum Gasteiger partial charge on any atom is 0.241 e. The van der Waals surface area contributed by atoms with Crippen molar-refractivity contribution in [2.75, 3.05) is 18.4 Å². The van der Waals surface area contributed by atoms with Crippen molar-refractivity contribution in [3.05, 3.63) is 30.3 Å². The van der Waals surface area contributed by atoms with Gasteiger partial charge in [0.15, 0.2) is 0 Å². The molecule has 1 amide bonds. The Kier molecular flexibility index (Phi) is 5.09. The minimum absolute atomic E-state index is 0.0137. The fourth-order valence-electron chi connectivity index (χ4n) is 2.52. The first-order chi connectivity index (χ1) is 9.58. The molecule has 2 unspecified atom stereocenters. The lowest BCUT2D eigenvalue weighted by molar-refractivity contribution is -0.121. The number of hydrogen-bond donors (Lipinski definition) is 2. The predicted molar refractivity (Wildman–Crippen MR) is 85.6 cm³/mol. The van der Waals surface area contributed by atoms with E-state index in [0.717, 1.165) is 31.6 Å². The summed E-state index contributed by atoms with van der Waals surface area (Å²) in [5, 5.41) is 2.94. The Morgan fingerprint density at radius 1 is 1.45 bits per heavy atom. The number of thiocarbonyl (C=S) groups is 1. The summed E-state index contributed by atoms with van der Waals surface area (Å²) in [5.74, 6) is 0.241. The molecule has 20 heavy (non-hydrogen) atoms. The lowest BCUT2D eigenvalue weighted by atomic mass is 9.97. The average molecular weight is 291 g/mol. The number of benzene rings is 1. The quantitative estimate of drug-likeness (QED) is 0.833. The van der Waals surface area contributed by atoms with E-state index in [-0.39, 0.29) is 17.9 Å². The minimum atomic E-state index is -0.174. The number of nitrogens with two attached hydrogens (primary N) is 1. The third-order valence-corrected chi connectivity index (χ3v) is 4.16. The Bertz CT molecular complexity index is 477. The van der Waals surface area contributed by atoms with E-state index >= 15 is 0 Å². The van der Waals surface area contributed by atoms with Gasteiger partial charge in [0, 0.05) is 18.2 Å². The zero-order chi connectivity index (χ0) is 14.5. The van der Waals surface area contributed by atoms with Gasteiger partial charge in [0.05, 0.1) is 11.0 Å². The number of para-hydroxylation sites is 1. The number of anilines is 1. The molecule has 108 valence electrons. The zero-order valence-electron chi connectivity index (χ0n) is 11.7. The summed E-state index contributed by atoms with van der Waals surface area (Å²) < 4.78 is 0. The third-order valence-electron chi connectivity index (χ3n) is 3.82. The number of rotatable bonds is 4. The molecule has 0 spiro atoms. The van der Waals surface area contributed by atoms with Crippen molar-refractivity contribution in [3.63, 3.8) is 0 Å². The van der Waals surface area contributed by atoms with E-state index in [4.69, 9.17) is 18.0 Å². The largest absolute Gasteiger partial charge is 0.393 e. The molecule has 0 aliphatic carbocycles. The molecule has 1 aliphatic heterocycles. The number of piperidine rings is 1. The number of nitrogens with zero attached hydrogens (tertiary/aromatic N) is 1. The van der Waals surface area contributed by atoms with E-state index < -0.39 is 0 Å². The van der Waals surface area contributed by atoms with Crippen LogP contribution in [0.2, 0.25) is 0 Å². The minimum Gasteiger partial charge on any atom is -0.393 e. The van der Waals surface area contributed by atoms with Gasteiger partial charge in [0.1, 0.15) is 0 Å². The summed E-state index contributed by atoms with van der Waals surface area (Å²) in [5.41, 5.74) is 6.56. The average Bonchev–Trinajstić information content (AvgIpc) is 2.47. The summed E-state index contributed by atoms with van der Waals surface area (Å²) in [6.45, 7) is 3.63. The molecule has 0 bridgehead atoms. The van der Waals surface area contributed by atoms with E-state index in [1.54, 1.807) is 0 Å². The van der Waals surface area contributed by atoms with Gasteiger partial charge < -0.3 is 11.1 Å². The second-order valence-electron chi connectivity index (χ2n) is 5.27. The van der Waals surface area contributed by atoms with Crippen LogP contribution in [-0.4, -0.2) is 34.9 Å². The Morgan fingerprint density at radius 3 is 2.80 bits per heavy atom. The van der Waals surface area contributed by atoms with Gasteiger partial charge in [0.25, 0.3) is 0 Å². The highest BCUT2D eigenvalue weighted by molar-refractivity contribution is 7.80. The Hall–Kier alpha value is -1.46. The Balaban J connectivity index is 1.94. The molecular weight excluding hydrogens is 270 g/mol. The molecule has 0 radical (unpaired) electrons. The highest BCUT2D eigenvalue weighted by atomic mass is 32.1. The van der Waals surface area contributed by atoms with Crippen molar-refractivity contribution in [1.29, 1.82) is 0 Å². The van der Waals surface area contributed by atoms with Crippen molar-refractivity contribution in [2.24, 2.45) is 11.7 Å². The topological polar surface area (TPSA) is 58.4 Å². The van der Waals surface area contributed by atoms with Crippen LogP contribution in [0.25, 0.3) is 0 Å². The van der Waals surface area contributed by atoms with E-state index in [9.17, 15) is 4.79 Å². The van der Waals surface area contributed by atoms with Crippen molar-refractivity contribution in [3.8, 4) is 0 Å². The number of nitrogens with one attached hydrogen (secondary N) is 1. The first-order valence-electron chi connectivity index (χ1n) is 6.97. The molecule has 1 fully saturated rings. The maximum absolute atomic E-state index is 12.3. The Labute approximate surface area is 125 Å². The van der Waals surface area contributed by atoms with Gasteiger partial charge in [0.2, 0.25) is 5.91 Å². The van der Waals surface area contributed by atoms with Gasteiger partial charge in [-0.15, -0.1) is 0 Å². The SMILES string of the molecule is CC(C(=O)Nc1ccccc1)N1CCCC(C(N)=S)C1. The molecule has 4 nitrogen and oxygen atoms in total. The molecule has 1 saturated heterocycles. The predicted octanol–water partition coefficient (Wildman–Crippen LogP) is 2.01. The van der Waals surface area contributed by atoms with Crippen LogP contribution in [0.4, 0.5) is 5.69 Å². The van der Waals surface area contributed by atoms with Gasteiger partial charge in [-0.05, 0) is 38.4 Å². The first kappa shape index (κ1) is 14.9. The standard InChI is InChI=1S/C15H21N3OS/c1-11(15(19)17-13-7-3-2-4-8-13)18-9-5-6-12(10-18)14(16)20/h2-4,7-8,11-12H,5-6,9-10H2,1H3,(H2,16,20)(H,17,19). The maximum atomic E-state index is 12.3. The van der Waals surface area contributed by atoms with Crippen LogP contribution in [0.15, 0.2) is 30.3 Å². The second-order valence-corrected chi connectivity index (χ2v) is 5.74. The molecule has 1 heterocycles. The van der Waals surface area contributed by atoms with Crippen LogP contribution in [-0.2, 0) is 4.79 Å². The van der Waals surface area contributed by atoms with Crippen LogP contribution in [0.3, 0.4) is 0 Å². The van der Waals surface area contributed by atoms with Crippen LogP contribution in [0, 0.1) is 5.92 Å².